The van der Waals surface area contributed by atoms with Crippen LogP contribution in [-0.4, -0.2) is 29.2 Å². The molecule has 0 rings (SSSR count). The van der Waals surface area contributed by atoms with Gasteiger partial charge in [-0.05, 0) is 18.2 Å². The molecule has 0 unspecified atom stereocenters. The molecule has 0 aromatic heterocycles. The van der Waals surface area contributed by atoms with E-state index in [2.05, 4.69) is 6.58 Å². The minimum absolute atomic E-state index is 0.0517. The van der Waals surface area contributed by atoms with Gasteiger partial charge in [0.05, 0.1) is 18.6 Å². The van der Waals surface area contributed by atoms with Crippen molar-refractivity contribution in [2.45, 2.75) is 0 Å². The summed E-state index contributed by atoms with van der Waals surface area (Å²) in [5.41, 5.74) is 0. The minimum Gasteiger partial charge on any atom is -0.497 e. The number of ether oxygens (including phenoxy) is 2. The summed E-state index contributed by atoms with van der Waals surface area (Å²) < 4.78 is 31.6. The maximum Gasteiger partial charge on any atom is 0.261 e. The van der Waals surface area contributed by atoms with Crippen LogP contribution in [0.25, 0.3) is 0 Å². The van der Waals surface area contributed by atoms with Gasteiger partial charge in [-0.15, -0.1) is 0 Å². The number of rotatable bonds is 6. The Bertz CT molecular complexity index is 368. The molecular weight excluding hydrogens is 240 g/mol. The van der Waals surface area contributed by atoms with Crippen molar-refractivity contribution in [3.63, 3.8) is 0 Å². The predicted octanol–water partition coefficient (Wildman–Crippen LogP) is 1.80. The lowest BCUT2D eigenvalue weighted by Crippen LogP contribution is -1.95. The zero-order chi connectivity index (χ0) is 11.9. The van der Waals surface area contributed by atoms with Crippen molar-refractivity contribution in [3.05, 3.63) is 35.5 Å². The molecule has 0 aliphatic rings. The third kappa shape index (κ3) is 6.33. The Morgan fingerprint density at radius 3 is 2.40 bits per heavy atom. The summed E-state index contributed by atoms with van der Waals surface area (Å²) in [6, 6.07) is 0. The van der Waals surface area contributed by atoms with E-state index in [1.165, 1.54) is 32.4 Å². The molecule has 0 heterocycles. The second kappa shape index (κ2) is 6.66. The van der Waals surface area contributed by atoms with E-state index in [-0.39, 0.29) is 11.5 Å². The fourth-order valence-electron chi connectivity index (χ4n) is 0.657. The standard InChI is InChI=1S/C9H13ClO4S/c1-8(14-3)4-5-9(6-7-13-2)15(10,11)12/h4-6H,1,7H2,2-3H3/b5-4-,9-6+. The lowest BCUT2D eigenvalue weighted by Gasteiger charge is -1.99. The molecule has 0 aromatic carbocycles. The van der Waals surface area contributed by atoms with Gasteiger partial charge in [-0.2, -0.15) is 0 Å². The topological polar surface area (TPSA) is 52.6 Å². The molecule has 0 radical (unpaired) electrons. The van der Waals surface area contributed by atoms with Gasteiger partial charge in [0.15, 0.2) is 0 Å². The highest BCUT2D eigenvalue weighted by Crippen LogP contribution is 2.14. The van der Waals surface area contributed by atoms with Crippen molar-refractivity contribution < 1.29 is 17.9 Å². The predicted molar refractivity (Wildman–Crippen MR) is 60.0 cm³/mol. The van der Waals surface area contributed by atoms with Crippen LogP contribution in [0.15, 0.2) is 35.5 Å². The van der Waals surface area contributed by atoms with E-state index in [0.717, 1.165) is 0 Å². The molecule has 0 atom stereocenters. The monoisotopic (exact) mass is 252 g/mol. The Morgan fingerprint density at radius 1 is 1.40 bits per heavy atom. The number of methoxy groups -OCH3 is 2. The quantitative estimate of drug-likeness (QED) is 0.411. The smallest absolute Gasteiger partial charge is 0.261 e. The molecular formula is C9H13ClO4S. The van der Waals surface area contributed by atoms with Crippen LogP contribution in [0.4, 0.5) is 0 Å². The maximum atomic E-state index is 11.1. The molecule has 4 nitrogen and oxygen atoms in total. The Labute approximate surface area is 94.2 Å². The Hall–Kier alpha value is -0.780. The molecule has 6 heteroatoms. The molecule has 0 bridgehead atoms. The summed E-state index contributed by atoms with van der Waals surface area (Å²) in [5, 5.41) is 0. The lowest BCUT2D eigenvalue weighted by atomic mass is 10.4. The van der Waals surface area contributed by atoms with Gasteiger partial charge in [0.25, 0.3) is 9.05 Å². The van der Waals surface area contributed by atoms with Crippen LogP contribution in [0.1, 0.15) is 0 Å². The third-order valence-corrected chi connectivity index (χ3v) is 2.83. The molecule has 15 heavy (non-hydrogen) atoms. The molecule has 0 aromatic rings. The summed E-state index contributed by atoms with van der Waals surface area (Å²) in [5.74, 6) is 0.332. The summed E-state index contributed by atoms with van der Waals surface area (Å²) in [6.45, 7) is 3.66. The Kier molecular flexibility index (Phi) is 6.31. The van der Waals surface area contributed by atoms with Crippen LogP contribution in [-0.2, 0) is 18.5 Å². The fourth-order valence-corrected chi connectivity index (χ4v) is 1.50. The highest BCUT2D eigenvalue weighted by Gasteiger charge is 2.10. The van der Waals surface area contributed by atoms with Crippen molar-refractivity contribution in [2.24, 2.45) is 0 Å². The highest BCUT2D eigenvalue weighted by atomic mass is 35.7. The maximum absolute atomic E-state index is 11.1. The lowest BCUT2D eigenvalue weighted by molar-refractivity contribution is 0.233. The van der Waals surface area contributed by atoms with Crippen molar-refractivity contribution >= 4 is 19.7 Å². The average molecular weight is 253 g/mol. The minimum atomic E-state index is -3.77. The van der Waals surface area contributed by atoms with E-state index >= 15 is 0 Å². The number of hydrogen-bond acceptors (Lipinski definition) is 4. The van der Waals surface area contributed by atoms with Crippen LogP contribution >= 0.6 is 10.7 Å². The Balaban J connectivity index is 4.83. The van der Waals surface area contributed by atoms with Crippen molar-refractivity contribution in [3.8, 4) is 0 Å². The van der Waals surface area contributed by atoms with Crippen molar-refractivity contribution in [1.29, 1.82) is 0 Å². The van der Waals surface area contributed by atoms with Crippen LogP contribution in [0, 0.1) is 0 Å². The first-order chi connectivity index (χ1) is 6.91. The molecule has 0 aliphatic heterocycles. The fraction of sp³-hybridized carbons (Fsp3) is 0.333. The van der Waals surface area contributed by atoms with Gasteiger partial charge in [0.2, 0.25) is 0 Å². The molecule has 0 amide bonds. The van der Waals surface area contributed by atoms with Gasteiger partial charge in [-0.25, -0.2) is 8.42 Å². The second-order valence-electron chi connectivity index (χ2n) is 2.50. The molecule has 0 N–H and O–H groups in total. The first-order valence-corrected chi connectivity index (χ1v) is 6.27. The van der Waals surface area contributed by atoms with E-state index < -0.39 is 9.05 Å². The molecule has 0 saturated heterocycles. The van der Waals surface area contributed by atoms with E-state index in [9.17, 15) is 8.42 Å². The zero-order valence-electron chi connectivity index (χ0n) is 8.57. The largest absolute Gasteiger partial charge is 0.497 e. The Morgan fingerprint density at radius 2 is 2.00 bits per heavy atom. The number of hydrogen-bond donors (Lipinski definition) is 0. The second-order valence-corrected chi connectivity index (χ2v) is 5.07. The van der Waals surface area contributed by atoms with Gasteiger partial charge in [-0.1, -0.05) is 6.58 Å². The van der Waals surface area contributed by atoms with Crippen LogP contribution in [0.2, 0.25) is 0 Å². The van der Waals surface area contributed by atoms with E-state index in [1.54, 1.807) is 0 Å². The van der Waals surface area contributed by atoms with Gasteiger partial charge in [0, 0.05) is 17.8 Å². The highest BCUT2D eigenvalue weighted by molar-refractivity contribution is 8.17. The summed E-state index contributed by atoms with van der Waals surface area (Å²) in [4.78, 5) is -0.0517. The van der Waals surface area contributed by atoms with Gasteiger partial charge >= 0.3 is 0 Å². The SMILES string of the molecule is C=C(/C=C\C(=C/COC)S(=O)(=O)Cl)OC. The molecule has 0 fully saturated rings. The van der Waals surface area contributed by atoms with Crippen LogP contribution in [0.5, 0.6) is 0 Å². The van der Waals surface area contributed by atoms with Crippen LogP contribution in [0.3, 0.4) is 0 Å². The van der Waals surface area contributed by atoms with Gasteiger partial charge < -0.3 is 9.47 Å². The molecule has 86 valence electrons. The summed E-state index contributed by atoms with van der Waals surface area (Å²) in [6.07, 6.45) is 4.05. The first kappa shape index (κ1) is 14.2. The molecule has 0 aliphatic carbocycles. The normalized spacial score (nSPS) is 13.1. The number of halogens is 1. The van der Waals surface area contributed by atoms with E-state index in [4.69, 9.17) is 20.2 Å². The summed E-state index contributed by atoms with van der Waals surface area (Å²) >= 11 is 0. The zero-order valence-corrected chi connectivity index (χ0v) is 10.1. The first-order valence-electron chi connectivity index (χ1n) is 3.96. The van der Waals surface area contributed by atoms with E-state index in [0.29, 0.717) is 5.76 Å². The van der Waals surface area contributed by atoms with Crippen molar-refractivity contribution in [1.82, 2.24) is 0 Å². The van der Waals surface area contributed by atoms with E-state index in [1.807, 2.05) is 0 Å². The van der Waals surface area contributed by atoms with Crippen molar-refractivity contribution in [2.75, 3.05) is 20.8 Å². The van der Waals surface area contributed by atoms with Gasteiger partial charge in [-0.3, -0.25) is 0 Å². The molecule has 0 saturated carbocycles. The van der Waals surface area contributed by atoms with Crippen LogP contribution < -0.4 is 0 Å². The average Bonchev–Trinajstić information content (AvgIpc) is 2.15. The van der Waals surface area contributed by atoms with Gasteiger partial charge in [0.1, 0.15) is 5.76 Å². The molecule has 0 spiro atoms. The summed E-state index contributed by atoms with van der Waals surface area (Å²) in [7, 11) is 4.30. The third-order valence-electron chi connectivity index (χ3n) is 1.43. The number of allylic oxidation sites excluding steroid dienone is 2.